The summed E-state index contributed by atoms with van der Waals surface area (Å²) in [6.45, 7) is 4.61. The Morgan fingerprint density at radius 3 is 2.68 bits per heavy atom. The van der Waals surface area contributed by atoms with Crippen molar-refractivity contribution in [1.82, 2.24) is 14.8 Å². The third-order valence-electron chi connectivity index (χ3n) is 3.29. The van der Waals surface area contributed by atoms with Gasteiger partial charge >= 0.3 is 0 Å². The van der Waals surface area contributed by atoms with Crippen LogP contribution in [0.25, 0.3) is 22.3 Å². The Morgan fingerprint density at radius 2 is 2.00 bits per heavy atom. The van der Waals surface area contributed by atoms with Crippen LogP contribution in [-0.2, 0) is 6.54 Å². The maximum Gasteiger partial charge on any atom is 0.193 e. The SMILES string of the molecule is CCn1nc(C)c2c(=O)cc(-c3ccccc3)[nH]c21. The van der Waals surface area contributed by atoms with Crippen molar-refractivity contribution in [3.63, 3.8) is 0 Å². The van der Waals surface area contributed by atoms with Crippen molar-refractivity contribution < 1.29 is 0 Å². The maximum atomic E-state index is 12.2. The Kier molecular flexibility index (Phi) is 2.71. The van der Waals surface area contributed by atoms with Gasteiger partial charge in [0, 0.05) is 12.6 Å². The Bertz CT molecular complexity index is 784. The predicted octanol–water partition coefficient (Wildman–Crippen LogP) is 2.72. The molecule has 4 nitrogen and oxygen atoms in total. The molecular formula is C15H15N3O. The van der Waals surface area contributed by atoms with Crippen molar-refractivity contribution in [2.45, 2.75) is 20.4 Å². The predicted molar refractivity (Wildman–Crippen MR) is 76.2 cm³/mol. The highest BCUT2D eigenvalue weighted by atomic mass is 16.1. The summed E-state index contributed by atoms with van der Waals surface area (Å²) in [5.41, 5.74) is 3.42. The van der Waals surface area contributed by atoms with Crippen LogP contribution in [0.2, 0.25) is 0 Å². The number of H-pyrrole nitrogens is 1. The minimum atomic E-state index is 0.0183. The van der Waals surface area contributed by atoms with E-state index >= 15 is 0 Å². The molecular weight excluding hydrogens is 238 g/mol. The molecule has 2 heterocycles. The van der Waals surface area contributed by atoms with Gasteiger partial charge in [-0.05, 0) is 19.4 Å². The molecule has 19 heavy (non-hydrogen) atoms. The van der Waals surface area contributed by atoms with E-state index < -0.39 is 0 Å². The zero-order valence-corrected chi connectivity index (χ0v) is 11.0. The Labute approximate surface area is 110 Å². The van der Waals surface area contributed by atoms with E-state index in [1.807, 2.05) is 48.9 Å². The van der Waals surface area contributed by atoms with Crippen molar-refractivity contribution in [2.75, 3.05) is 0 Å². The number of hydrogen-bond acceptors (Lipinski definition) is 2. The summed E-state index contributed by atoms with van der Waals surface area (Å²) in [5.74, 6) is 0. The molecule has 0 amide bonds. The zero-order valence-electron chi connectivity index (χ0n) is 11.0. The van der Waals surface area contributed by atoms with Crippen LogP contribution in [0.3, 0.4) is 0 Å². The first-order chi connectivity index (χ1) is 9.20. The number of fused-ring (bicyclic) bond motifs is 1. The van der Waals surface area contributed by atoms with E-state index in [2.05, 4.69) is 10.1 Å². The monoisotopic (exact) mass is 253 g/mol. The molecule has 4 heteroatoms. The van der Waals surface area contributed by atoms with Crippen LogP contribution in [-0.4, -0.2) is 14.8 Å². The van der Waals surface area contributed by atoms with Crippen LogP contribution in [0.15, 0.2) is 41.2 Å². The number of nitrogens with one attached hydrogen (secondary N) is 1. The lowest BCUT2D eigenvalue weighted by Gasteiger charge is -2.04. The van der Waals surface area contributed by atoms with Crippen molar-refractivity contribution in [1.29, 1.82) is 0 Å². The molecule has 0 spiro atoms. The van der Waals surface area contributed by atoms with Gasteiger partial charge in [-0.25, -0.2) is 4.68 Å². The molecule has 0 aliphatic carbocycles. The molecule has 1 aromatic carbocycles. The molecule has 2 aromatic heterocycles. The summed E-state index contributed by atoms with van der Waals surface area (Å²) >= 11 is 0. The fourth-order valence-electron chi connectivity index (χ4n) is 2.37. The topological polar surface area (TPSA) is 50.7 Å². The third kappa shape index (κ3) is 1.85. The number of rotatable bonds is 2. The molecule has 0 saturated carbocycles. The largest absolute Gasteiger partial charge is 0.339 e. The quantitative estimate of drug-likeness (QED) is 0.763. The van der Waals surface area contributed by atoms with Gasteiger partial charge < -0.3 is 4.98 Å². The highest BCUT2D eigenvalue weighted by molar-refractivity contribution is 5.81. The van der Waals surface area contributed by atoms with Gasteiger partial charge in [0.05, 0.1) is 16.8 Å². The number of aromatic amines is 1. The standard InChI is InChI=1S/C15H15N3O/c1-3-18-15-14(10(2)17-18)13(19)9-12(16-15)11-7-5-4-6-8-11/h4-9H,3H2,1-2H3,(H,16,19). The van der Waals surface area contributed by atoms with E-state index in [1.165, 1.54) is 0 Å². The summed E-state index contributed by atoms with van der Waals surface area (Å²) in [4.78, 5) is 15.6. The lowest BCUT2D eigenvalue weighted by Crippen LogP contribution is -2.05. The minimum absolute atomic E-state index is 0.0183. The van der Waals surface area contributed by atoms with E-state index in [1.54, 1.807) is 6.07 Å². The number of aromatic nitrogens is 3. The summed E-state index contributed by atoms with van der Waals surface area (Å²) < 4.78 is 1.83. The number of nitrogens with zero attached hydrogens (tertiary/aromatic N) is 2. The van der Waals surface area contributed by atoms with Crippen LogP contribution in [0.5, 0.6) is 0 Å². The maximum absolute atomic E-state index is 12.2. The van der Waals surface area contributed by atoms with Gasteiger partial charge in [-0.1, -0.05) is 30.3 Å². The fraction of sp³-hybridized carbons (Fsp3) is 0.200. The molecule has 0 fully saturated rings. The molecule has 0 radical (unpaired) electrons. The number of hydrogen-bond donors (Lipinski definition) is 1. The Hall–Kier alpha value is -2.36. The smallest absolute Gasteiger partial charge is 0.193 e. The lowest BCUT2D eigenvalue weighted by atomic mass is 10.1. The van der Waals surface area contributed by atoms with Gasteiger partial charge in [0.1, 0.15) is 5.65 Å². The van der Waals surface area contributed by atoms with Crippen molar-refractivity contribution in [3.8, 4) is 11.3 Å². The summed E-state index contributed by atoms with van der Waals surface area (Å²) in [7, 11) is 0. The van der Waals surface area contributed by atoms with E-state index in [4.69, 9.17) is 0 Å². The molecule has 0 saturated heterocycles. The molecule has 0 bridgehead atoms. The third-order valence-corrected chi connectivity index (χ3v) is 3.29. The second-order valence-corrected chi connectivity index (χ2v) is 4.54. The highest BCUT2D eigenvalue weighted by Gasteiger charge is 2.12. The second-order valence-electron chi connectivity index (χ2n) is 4.54. The van der Waals surface area contributed by atoms with Crippen LogP contribution in [0.4, 0.5) is 0 Å². The molecule has 3 rings (SSSR count). The van der Waals surface area contributed by atoms with Crippen LogP contribution in [0, 0.1) is 6.92 Å². The molecule has 0 atom stereocenters. The zero-order chi connectivity index (χ0) is 13.4. The first kappa shape index (κ1) is 11.7. The molecule has 0 unspecified atom stereocenters. The normalized spacial score (nSPS) is 11.1. The van der Waals surface area contributed by atoms with E-state index in [-0.39, 0.29) is 5.43 Å². The Balaban J connectivity index is 2.33. The number of aryl methyl sites for hydroxylation is 2. The van der Waals surface area contributed by atoms with Gasteiger partial charge in [-0.2, -0.15) is 5.10 Å². The van der Waals surface area contributed by atoms with Gasteiger partial charge in [0.15, 0.2) is 5.43 Å². The average Bonchev–Trinajstić information content (AvgIpc) is 2.76. The van der Waals surface area contributed by atoms with Gasteiger partial charge in [-0.15, -0.1) is 0 Å². The second kappa shape index (κ2) is 4.39. The van der Waals surface area contributed by atoms with E-state index in [9.17, 15) is 4.79 Å². The number of pyridine rings is 1. The summed E-state index contributed by atoms with van der Waals surface area (Å²) in [6, 6.07) is 11.5. The van der Waals surface area contributed by atoms with Gasteiger partial charge in [-0.3, -0.25) is 4.79 Å². The minimum Gasteiger partial charge on any atom is -0.339 e. The van der Waals surface area contributed by atoms with Crippen molar-refractivity contribution in [2.24, 2.45) is 0 Å². The van der Waals surface area contributed by atoms with Gasteiger partial charge in [0.25, 0.3) is 0 Å². The van der Waals surface area contributed by atoms with Crippen molar-refractivity contribution in [3.05, 3.63) is 52.3 Å². The molecule has 3 aromatic rings. The van der Waals surface area contributed by atoms with Gasteiger partial charge in [0.2, 0.25) is 0 Å². The van der Waals surface area contributed by atoms with E-state index in [0.717, 1.165) is 29.1 Å². The highest BCUT2D eigenvalue weighted by Crippen LogP contribution is 2.19. The lowest BCUT2D eigenvalue weighted by molar-refractivity contribution is 0.670. The van der Waals surface area contributed by atoms with Crippen molar-refractivity contribution >= 4 is 11.0 Å². The molecule has 1 N–H and O–H groups in total. The summed E-state index contributed by atoms with van der Waals surface area (Å²) in [5, 5.41) is 5.07. The average molecular weight is 253 g/mol. The molecule has 0 aliphatic heterocycles. The Morgan fingerprint density at radius 1 is 1.26 bits per heavy atom. The van der Waals surface area contributed by atoms with Crippen LogP contribution < -0.4 is 5.43 Å². The molecule has 0 aliphatic rings. The van der Waals surface area contributed by atoms with Crippen LogP contribution in [0.1, 0.15) is 12.6 Å². The van der Waals surface area contributed by atoms with E-state index in [0.29, 0.717) is 5.39 Å². The van der Waals surface area contributed by atoms with Crippen LogP contribution >= 0.6 is 0 Å². The summed E-state index contributed by atoms with van der Waals surface area (Å²) in [6.07, 6.45) is 0. The fourth-order valence-corrected chi connectivity index (χ4v) is 2.37. The first-order valence-corrected chi connectivity index (χ1v) is 6.36. The first-order valence-electron chi connectivity index (χ1n) is 6.36. The number of benzene rings is 1. The molecule has 96 valence electrons.